The molecule has 0 bridgehead atoms. The Labute approximate surface area is 114 Å². The van der Waals surface area contributed by atoms with Crippen LogP contribution in [0.5, 0.6) is 0 Å². The van der Waals surface area contributed by atoms with Crippen LogP contribution in [-0.2, 0) is 19.6 Å². The van der Waals surface area contributed by atoms with Crippen molar-refractivity contribution in [3.05, 3.63) is 24.0 Å². The molecule has 0 spiro atoms. The van der Waals surface area contributed by atoms with Crippen LogP contribution in [0.15, 0.2) is 24.0 Å². The van der Waals surface area contributed by atoms with E-state index in [4.69, 9.17) is 19.6 Å². The average molecular weight is 272 g/mol. The Morgan fingerprint density at radius 2 is 1.47 bits per heavy atom. The first-order chi connectivity index (χ1) is 8.52. The molecule has 0 saturated heterocycles. The average Bonchev–Trinajstić information content (AvgIpc) is 2.25. The maximum absolute atomic E-state index is 9.38. The summed E-state index contributed by atoms with van der Waals surface area (Å²) >= 11 is 0. The fourth-order valence-electron chi connectivity index (χ4n) is 1.12. The molecule has 5 heteroatoms. The van der Waals surface area contributed by atoms with E-state index in [2.05, 4.69) is 0 Å². The van der Waals surface area contributed by atoms with Crippen LogP contribution in [0.3, 0.4) is 0 Å². The van der Waals surface area contributed by atoms with Crippen LogP contribution in [0.2, 0.25) is 0 Å². The van der Waals surface area contributed by atoms with E-state index in [9.17, 15) is 5.11 Å². The Bertz CT molecular complexity index is 339. The van der Waals surface area contributed by atoms with Crippen LogP contribution < -0.4 is 0 Å². The first-order valence-electron chi connectivity index (χ1n) is 6.33. The normalized spacial score (nSPS) is 19.4. The van der Waals surface area contributed by atoms with Gasteiger partial charge in [0.15, 0.2) is 0 Å². The van der Waals surface area contributed by atoms with Crippen molar-refractivity contribution in [2.24, 2.45) is 0 Å². The predicted molar refractivity (Wildman–Crippen MR) is 71.0 cm³/mol. The van der Waals surface area contributed by atoms with Gasteiger partial charge in [0.2, 0.25) is 0 Å². The van der Waals surface area contributed by atoms with E-state index in [1.807, 2.05) is 41.5 Å². The molecule has 0 aliphatic heterocycles. The molecule has 0 amide bonds. The molecule has 1 aliphatic carbocycles. The molecule has 1 N–H and O–H groups in total. The second-order valence-electron chi connectivity index (χ2n) is 6.54. The number of hydrogen-bond donors (Lipinski definition) is 1. The number of aliphatic hydroxyl groups is 1. The quantitative estimate of drug-likeness (QED) is 0.481. The summed E-state index contributed by atoms with van der Waals surface area (Å²) in [7, 11) is 0. The van der Waals surface area contributed by atoms with Gasteiger partial charge in [-0.25, -0.2) is 9.78 Å². The zero-order valence-electron chi connectivity index (χ0n) is 12.5. The third-order valence-corrected chi connectivity index (χ3v) is 1.97. The highest BCUT2D eigenvalue weighted by Gasteiger charge is 2.37. The van der Waals surface area contributed by atoms with E-state index in [1.54, 1.807) is 12.2 Å². The number of hydrogen-bond acceptors (Lipinski definition) is 5. The van der Waals surface area contributed by atoms with Crippen LogP contribution in [0.4, 0.5) is 0 Å². The molecule has 0 aromatic rings. The largest absolute Gasteiger partial charge is 0.508 e. The minimum atomic E-state index is -1.19. The van der Waals surface area contributed by atoms with Gasteiger partial charge in [-0.15, -0.1) is 0 Å². The fraction of sp³-hybridized carbons (Fsp3) is 0.714. The van der Waals surface area contributed by atoms with E-state index in [1.165, 1.54) is 6.08 Å². The van der Waals surface area contributed by atoms with Gasteiger partial charge < -0.3 is 5.11 Å². The zero-order valence-corrected chi connectivity index (χ0v) is 12.5. The number of rotatable bonds is 4. The molecule has 19 heavy (non-hydrogen) atoms. The first kappa shape index (κ1) is 16.2. The molecule has 5 nitrogen and oxygen atoms in total. The summed E-state index contributed by atoms with van der Waals surface area (Å²) in [6.07, 6.45) is 4.93. The fourth-order valence-corrected chi connectivity index (χ4v) is 1.12. The molecule has 0 aromatic heterocycles. The Morgan fingerprint density at radius 1 is 1.00 bits per heavy atom. The monoisotopic (exact) mass is 272 g/mol. The van der Waals surface area contributed by atoms with Crippen molar-refractivity contribution >= 4 is 0 Å². The van der Waals surface area contributed by atoms with E-state index in [-0.39, 0.29) is 5.76 Å². The summed E-state index contributed by atoms with van der Waals surface area (Å²) in [6.45, 7) is 11.2. The highest BCUT2D eigenvalue weighted by molar-refractivity contribution is 5.20. The Hall–Kier alpha value is -0.880. The molecule has 0 atom stereocenters. The zero-order chi connectivity index (χ0) is 14.7. The topological polar surface area (TPSA) is 57.2 Å². The van der Waals surface area contributed by atoms with Crippen LogP contribution >= 0.6 is 0 Å². The van der Waals surface area contributed by atoms with Gasteiger partial charge in [-0.3, -0.25) is 0 Å². The van der Waals surface area contributed by atoms with Gasteiger partial charge in [0.25, 0.3) is 5.79 Å². The van der Waals surface area contributed by atoms with E-state index in [0.29, 0.717) is 6.42 Å². The van der Waals surface area contributed by atoms with Crippen LogP contribution in [-0.4, -0.2) is 22.1 Å². The molecule has 110 valence electrons. The molecule has 0 heterocycles. The maximum Gasteiger partial charge on any atom is 0.256 e. The van der Waals surface area contributed by atoms with Crippen LogP contribution in [0, 0.1) is 0 Å². The molecular formula is C14H24O5. The Kier molecular flexibility index (Phi) is 4.79. The lowest BCUT2D eigenvalue weighted by Crippen LogP contribution is -2.40. The molecule has 0 unspecified atom stereocenters. The van der Waals surface area contributed by atoms with Gasteiger partial charge >= 0.3 is 0 Å². The van der Waals surface area contributed by atoms with Gasteiger partial charge in [0.05, 0.1) is 11.2 Å². The van der Waals surface area contributed by atoms with Crippen molar-refractivity contribution in [2.45, 2.75) is 65.0 Å². The van der Waals surface area contributed by atoms with Crippen LogP contribution in [0.1, 0.15) is 48.0 Å². The van der Waals surface area contributed by atoms with E-state index >= 15 is 0 Å². The third-order valence-electron chi connectivity index (χ3n) is 1.97. The molecule has 1 rings (SSSR count). The van der Waals surface area contributed by atoms with Crippen molar-refractivity contribution in [3.8, 4) is 0 Å². The number of allylic oxidation sites excluding steroid dienone is 1. The van der Waals surface area contributed by atoms with Gasteiger partial charge in [0.1, 0.15) is 5.76 Å². The lowest BCUT2D eigenvalue weighted by Gasteiger charge is -2.33. The smallest absolute Gasteiger partial charge is 0.256 e. The van der Waals surface area contributed by atoms with Crippen molar-refractivity contribution in [2.75, 3.05) is 0 Å². The van der Waals surface area contributed by atoms with Gasteiger partial charge in [0, 0.05) is 6.42 Å². The SMILES string of the molecule is CC(C)(C)OOC1(OOC(C)(C)C)C=CC(O)=CC1. The molecule has 0 fully saturated rings. The summed E-state index contributed by atoms with van der Waals surface area (Å²) in [5.41, 5.74) is -0.954. The van der Waals surface area contributed by atoms with Crippen molar-refractivity contribution in [1.29, 1.82) is 0 Å². The van der Waals surface area contributed by atoms with Gasteiger partial charge in [-0.2, -0.15) is 9.78 Å². The maximum atomic E-state index is 9.38. The van der Waals surface area contributed by atoms with Crippen LogP contribution in [0.25, 0.3) is 0 Å². The highest BCUT2D eigenvalue weighted by Crippen LogP contribution is 2.30. The van der Waals surface area contributed by atoms with Crippen molar-refractivity contribution in [1.82, 2.24) is 0 Å². The van der Waals surface area contributed by atoms with Crippen molar-refractivity contribution < 1.29 is 24.7 Å². The lowest BCUT2D eigenvalue weighted by molar-refractivity contribution is -0.526. The minimum Gasteiger partial charge on any atom is -0.508 e. The highest BCUT2D eigenvalue weighted by atomic mass is 17.3. The van der Waals surface area contributed by atoms with Gasteiger partial charge in [-0.05, 0) is 59.8 Å². The molecule has 0 aromatic carbocycles. The Balaban J connectivity index is 2.72. The van der Waals surface area contributed by atoms with E-state index in [0.717, 1.165) is 0 Å². The lowest BCUT2D eigenvalue weighted by atomic mass is 10.1. The summed E-state index contributed by atoms with van der Waals surface area (Å²) in [5.74, 6) is -1.03. The molecule has 0 saturated carbocycles. The second-order valence-corrected chi connectivity index (χ2v) is 6.54. The minimum absolute atomic E-state index is 0.161. The third kappa shape index (κ3) is 6.20. The summed E-state index contributed by atoms with van der Waals surface area (Å²) in [6, 6.07) is 0. The molecule has 0 radical (unpaired) electrons. The standard InChI is InChI=1S/C14H24O5/c1-12(2,3)16-18-14(19-17-13(4,5)6)9-7-11(15)8-10-14/h7-9,15H,10H2,1-6H3. The summed E-state index contributed by atoms with van der Waals surface area (Å²) < 4.78 is 0. The predicted octanol–water partition coefficient (Wildman–Crippen LogP) is 3.58. The summed E-state index contributed by atoms with van der Waals surface area (Å²) in [4.78, 5) is 21.4. The van der Waals surface area contributed by atoms with Crippen molar-refractivity contribution in [3.63, 3.8) is 0 Å². The summed E-state index contributed by atoms with van der Waals surface area (Å²) in [5, 5.41) is 9.38. The number of aliphatic hydroxyl groups excluding tert-OH is 1. The molecule has 1 aliphatic rings. The Morgan fingerprint density at radius 3 is 1.79 bits per heavy atom. The second kappa shape index (κ2) is 5.63. The van der Waals surface area contributed by atoms with Gasteiger partial charge in [-0.1, -0.05) is 0 Å². The first-order valence-corrected chi connectivity index (χ1v) is 6.33. The van der Waals surface area contributed by atoms with E-state index < -0.39 is 17.0 Å². The molecular weight excluding hydrogens is 248 g/mol.